The van der Waals surface area contributed by atoms with Crippen molar-refractivity contribution in [3.05, 3.63) is 58.3 Å². The summed E-state index contributed by atoms with van der Waals surface area (Å²) >= 11 is 3.79. The molecule has 2 heterocycles. The lowest BCUT2D eigenvalue weighted by molar-refractivity contribution is 0.398. The molecule has 2 heteroatoms. The molecule has 0 unspecified atom stereocenters. The molecule has 0 spiro atoms. The highest BCUT2D eigenvalue weighted by Gasteiger charge is 2.42. The number of hydrogen-bond donors (Lipinski definition) is 0. The molecule has 1 aliphatic rings. The molecule has 5 rings (SSSR count). The van der Waals surface area contributed by atoms with Crippen molar-refractivity contribution in [3.63, 3.8) is 0 Å². The third-order valence-corrected chi connectivity index (χ3v) is 10.2. The van der Waals surface area contributed by atoms with E-state index in [1.807, 2.05) is 22.7 Å². The Balaban J connectivity index is 1.51. The van der Waals surface area contributed by atoms with Gasteiger partial charge in [0.2, 0.25) is 0 Å². The minimum atomic E-state index is 0.187. The Hall–Kier alpha value is -1.64. The van der Waals surface area contributed by atoms with Gasteiger partial charge in [-0.15, -0.1) is 22.7 Å². The average molecular weight is 503 g/mol. The first-order chi connectivity index (χ1) is 17.3. The second-order valence-electron chi connectivity index (χ2n) is 10.8. The highest BCUT2D eigenvalue weighted by atomic mass is 32.1. The van der Waals surface area contributed by atoms with E-state index in [4.69, 9.17) is 0 Å². The van der Waals surface area contributed by atoms with Gasteiger partial charge in [-0.25, -0.2) is 0 Å². The number of unbranched alkanes of at least 4 members (excludes halogenated alkanes) is 10. The first-order valence-corrected chi connectivity index (χ1v) is 16.1. The van der Waals surface area contributed by atoms with Crippen LogP contribution in [0.4, 0.5) is 0 Å². The topological polar surface area (TPSA) is 0 Å². The van der Waals surface area contributed by atoms with Crippen molar-refractivity contribution in [1.82, 2.24) is 0 Å². The number of thiophene rings is 2. The summed E-state index contributed by atoms with van der Waals surface area (Å²) in [5.41, 5.74) is 6.52. The molecule has 0 atom stereocenters. The van der Waals surface area contributed by atoms with Gasteiger partial charge < -0.3 is 0 Å². The van der Waals surface area contributed by atoms with Crippen LogP contribution in [0.25, 0.3) is 31.3 Å². The van der Waals surface area contributed by atoms with Gasteiger partial charge in [-0.3, -0.25) is 0 Å². The molecule has 2 aromatic heterocycles. The Kier molecular flexibility index (Phi) is 8.30. The standard InChI is InChI=1S/C33H42S2/c1-3-5-7-9-11-13-17-33(18-14-12-10-8-6-4-2)29-21-25-15-19-34-31(25)23-27(29)28-24-32-26(16-20-35-32)22-30(28)33/h15-16,19-24H,3-14,17-18H2,1-2H3. The molecule has 0 bridgehead atoms. The zero-order valence-corrected chi connectivity index (χ0v) is 23.5. The van der Waals surface area contributed by atoms with E-state index in [0.29, 0.717) is 0 Å². The van der Waals surface area contributed by atoms with Gasteiger partial charge in [0.05, 0.1) is 0 Å². The van der Waals surface area contributed by atoms with Crippen LogP contribution in [-0.2, 0) is 5.41 Å². The quantitative estimate of drug-likeness (QED) is 0.150. The molecule has 0 saturated carbocycles. The first-order valence-electron chi connectivity index (χ1n) is 14.3. The van der Waals surface area contributed by atoms with Crippen LogP contribution in [0.1, 0.15) is 115 Å². The van der Waals surface area contributed by atoms with E-state index in [9.17, 15) is 0 Å². The van der Waals surface area contributed by atoms with Gasteiger partial charge in [-0.2, -0.15) is 0 Å². The molecule has 0 radical (unpaired) electrons. The number of benzene rings is 2. The van der Waals surface area contributed by atoms with Crippen LogP contribution >= 0.6 is 22.7 Å². The second-order valence-corrected chi connectivity index (χ2v) is 12.7. The highest BCUT2D eigenvalue weighted by Crippen LogP contribution is 2.56. The lowest BCUT2D eigenvalue weighted by atomic mass is 9.70. The Morgan fingerprint density at radius 1 is 0.543 bits per heavy atom. The van der Waals surface area contributed by atoms with E-state index in [1.54, 1.807) is 11.1 Å². The second kappa shape index (κ2) is 11.6. The van der Waals surface area contributed by atoms with Crippen molar-refractivity contribution in [1.29, 1.82) is 0 Å². The lowest BCUT2D eigenvalue weighted by Crippen LogP contribution is -2.25. The molecule has 0 nitrogen and oxygen atoms in total. The Bertz CT molecular complexity index is 1140. The van der Waals surface area contributed by atoms with Crippen LogP contribution in [-0.4, -0.2) is 0 Å². The third kappa shape index (κ3) is 5.12. The van der Waals surface area contributed by atoms with Crippen LogP contribution in [0, 0.1) is 0 Å². The summed E-state index contributed by atoms with van der Waals surface area (Å²) in [4.78, 5) is 0. The summed E-state index contributed by atoms with van der Waals surface area (Å²) in [7, 11) is 0. The zero-order chi connectivity index (χ0) is 24.1. The van der Waals surface area contributed by atoms with E-state index in [-0.39, 0.29) is 5.41 Å². The van der Waals surface area contributed by atoms with Gasteiger partial charge in [0.25, 0.3) is 0 Å². The number of fused-ring (bicyclic) bond motifs is 5. The molecule has 0 saturated heterocycles. The van der Waals surface area contributed by atoms with Gasteiger partial charge in [0.15, 0.2) is 0 Å². The molecule has 4 aromatic rings. The SMILES string of the molecule is CCCCCCCCC1(CCCCCCCC)c2cc3ccsc3cc2-c2cc3sccc3cc21. The van der Waals surface area contributed by atoms with Crippen molar-refractivity contribution in [2.24, 2.45) is 0 Å². The molecule has 1 aliphatic carbocycles. The minimum Gasteiger partial charge on any atom is -0.144 e. The number of rotatable bonds is 14. The molecule has 2 aromatic carbocycles. The Morgan fingerprint density at radius 2 is 0.971 bits per heavy atom. The van der Waals surface area contributed by atoms with Crippen LogP contribution in [0.3, 0.4) is 0 Å². The fourth-order valence-corrected chi connectivity index (χ4v) is 8.10. The van der Waals surface area contributed by atoms with E-state index < -0.39 is 0 Å². The van der Waals surface area contributed by atoms with E-state index in [2.05, 4.69) is 61.0 Å². The lowest BCUT2D eigenvalue weighted by Gasteiger charge is -2.33. The van der Waals surface area contributed by atoms with Crippen molar-refractivity contribution < 1.29 is 0 Å². The summed E-state index contributed by atoms with van der Waals surface area (Å²) in [6.45, 7) is 4.64. The molecule has 186 valence electrons. The van der Waals surface area contributed by atoms with Crippen LogP contribution < -0.4 is 0 Å². The fourth-order valence-electron chi connectivity index (χ4n) is 6.48. The minimum absolute atomic E-state index is 0.187. The van der Waals surface area contributed by atoms with Gasteiger partial charge in [0.1, 0.15) is 0 Å². The average Bonchev–Trinajstić information content (AvgIpc) is 3.58. The van der Waals surface area contributed by atoms with Crippen LogP contribution in [0.5, 0.6) is 0 Å². The summed E-state index contributed by atoms with van der Waals surface area (Å²) in [6.07, 6.45) is 19.1. The molecular formula is C33H42S2. The monoisotopic (exact) mass is 502 g/mol. The predicted molar refractivity (Wildman–Crippen MR) is 159 cm³/mol. The maximum Gasteiger partial charge on any atom is 0.0349 e. The van der Waals surface area contributed by atoms with Gasteiger partial charge in [-0.05, 0) is 93.0 Å². The highest BCUT2D eigenvalue weighted by molar-refractivity contribution is 7.17. The molecule has 0 amide bonds. The van der Waals surface area contributed by atoms with E-state index in [1.165, 1.54) is 121 Å². The normalized spacial score (nSPS) is 14.1. The molecule has 0 fully saturated rings. The Labute approximate surface area is 220 Å². The first kappa shape index (κ1) is 25.0. The molecule has 0 aliphatic heterocycles. The van der Waals surface area contributed by atoms with Crippen LogP contribution in [0.2, 0.25) is 0 Å². The van der Waals surface area contributed by atoms with Crippen molar-refractivity contribution >= 4 is 42.8 Å². The third-order valence-electron chi connectivity index (χ3n) is 8.42. The fraction of sp³-hybridized carbons (Fsp3) is 0.515. The molecule has 35 heavy (non-hydrogen) atoms. The van der Waals surface area contributed by atoms with Gasteiger partial charge in [-0.1, -0.05) is 90.9 Å². The number of hydrogen-bond acceptors (Lipinski definition) is 2. The maximum atomic E-state index is 2.59. The summed E-state index contributed by atoms with van der Waals surface area (Å²) < 4.78 is 2.88. The Morgan fingerprint density at radius 3 is 1.43 bits per heavy atom. The van der Waals surface area contributed by atoms with Crippen molar-refractivity contribution in [2.45, 2.75) is 109 Å². The molecular weight excluding hydrogens is 460 g/mol. The largest absolute Gasteiger partial charge is 0.144 e. The van der Waals surface area contributed by atoms with E-state index >= 15 is 0 Å². The zero-order valence-electron chi connectivity index (χ0n) is 21.8. The predicted octanol–water partition coefficient (Wildman–Crippen LogP) is 11.9. The summed E-state index contributed by atoms with van der Waals surface area (Å²) in [5.74, 6) is 0. The van der Waals surface area contributed by atoms with Crippen LogP contribution in [0.15, 0.2) is 47.2 Å². The smallest absolute Gasteiger partial charge is 0.0349 e. The van der Waals surface area contributed by atoms with Gasteiger partial charge >= 0.3 is 0 Å². The molecule has 0 N–H and O–H groups in total. The van der Waals surface area contributed by atoms with Gasteiger partial charge in [0, 0.05) is 14.8 Å². The summed E-state index contributed by atoms with van der Waals surface area (Å²) in [6, 6.07) is 14.9. The van der Waals surface area contributed by atoms with Crippen molar-refractivity contribution in [2.75, 3.05) is 0 Å². The van der Waals surface area contributed by atoms with E-state index in [0.717, 1.165) is 0 Å². The maximum absolute atomic E-state index is 2.59. The summed E-state index contributed by atoms with van der Waals surface area (Å²) in [5, 5.41) is 7.43. The van der Waals surface area contributed by atoms with Crippen molar-refractivity contribution in [3.8, 4) is 11.1 Å².